The Balaban J connectivity index is 2.31. The van der Waals surface area contributed by atoms with Crippen molar-refractivity contribution in [2.24, 2.45) is 5.92 Å². The lowest BCUT2D eigenvalue weighted by atomic mass is 9.93. The number of hydrogen-bond donors (Lipinski definition) is 0. The van der Waals surface area contributed by atoms with Crippen molar-refractivity contribution in [3.05, 3.63) is 35.4 Å². The predicted octanol–water partition coefficient (Wildman–Crippen LogP) is 5.75. The quantitative estimate of drug-likeness (QED) is 0.394. The van der Waals surface area contributed by atoms with Crippen LogP contribution in [-0.2, 0) is 6.42 Å². The Labute approximate surface area is 118 Å². The van der Waals surface area contributed by atoms with E-state index in [0.29, 0.717) is 5.92 Å². The number of benzene rings is 1. The lowest BCUT2D eigenvalue weighted by molar-refractivity contribution is 0.487. The van der Waals surface area contributed by atoms with Crippen molar-refractivity contribution in [1.29, 1.82) is 0 Å². The second-order valence-electron chi connectivity index (χ2n) is 5.35. The SMILES string of the molecule is CCCCCCCC(CCl)Cc1ccccc1C. The summed E-state index contributed by atoms with van der Waals surface area (Å²) >= 11 is 6.11. The van der Waals surface area contributed by atoms with Crippen molar-refractivity contribution in [1.82, 2.24) is 0 Å². The lowest BCUT2D eigenvalue weighted by Crippen LogP contribution is -2.07. The summed E-state index contributed by atoms with van der Waals surface area (Å²) in [5, 5.41) is 0. The molecule has 0 saturated heterocycles. The molecular weight excluding hydrogens is 240 g/mol. The highest BCUT2D eigenvalue weighted by molar-refractivity contribution is 6.18. The Morgan fingerprint density at radius 3 is 2.44 bits per heavy atom. The minimum Gasteiger partial charge on any atom is -0.126 e. The maximum Gasteiger partial charge on any atom is 0.0254 e. The molecule has 0 amide bonds. The highest BCUT2D eigenvalue weighted by atomic mass is 35.5. The number of alkyl halides is 1. The second kappa shape index (κ2) is 9.44. The van der Waals surface area contributed by atoms with Crippen molar-refractivity contribution in [2.75, 3.05) is 5.88 Å². The van der Waals surface area contributed by atoms with Gasteiger partial charge in [0.25, 0.3) is 0 Å². The van der Waals surface area contributed by atoms with Crippen molar-refractivity contribution < 1.29 is 0 Å². The van der Waals surface area contributed by atoms with Crippen LogP contribution in [0.15, 0.2) is 24.3 Å². The number of hydrogen-bond acceptors (Lipinski definition) is 0. The van der Waals surface area contributed by atoms with E-state index in [4.69, 9.17) is 11.6 Å². The van der Waals surface area contributed by atoms with Gasteiger partial charge in [-0.1, -0.05) is 63.3 Å². The average Bonchev–Trinajstić information content (AvgIpc) is 2.39. The molecule has 0 aliphatic rings. The van der Waals surface area contributed by atoms with Gasteiger partial charge in [0.2, 0.25) is 0 Å². The topological polar surface area (TPSA) is 0 Å². The monoisotopic (exact) mass is 266 g/mol. The van der Waals surface area contributed by atoms with Crippen LogP contribution < -0.4 is 0 Å². The fourth-order valence-electron chi connectivity index (χ4n) is 2.42. The van der Waals surface area contributed by atoms with Crippen molar-refractivity contribution in [3.8, 4) is 0 Å². The first-order chi connectivity index (χ1) is 8.77. The molecular formula is C17H27Cl. The summed E-state index contributed by atoms with van der Waals surface area (Å²) in [6.07, 6.45) is 9.21. The molecule has 0 heterocycles. The zero-order valence-corrected chi connectivity index (χ0v) is 12.7. The van der Waals surface area contributed by atoms with Crippen LogP contribution >= 0.6 is 11.6 Å². The average molecular weight is 267 g/mol. The number of halogens is 1. The van der Waals surface area contributed by atoms with E-state index in [1.807, 2.05) is 0 Å². The second-order valence-corrected chi connectivity index (χ2v) is 5.66. The van der Waals surface area contributed by atoms with Gasteiger partial charge in [-0.25, -0.2) is 0 Å². The summed E-state index contributed by atoms with van der Waals surface area (Å²) in [5.74, 6) is 1.44. The van der Waals surface area contributed by atoms with Crippen LogP contribution in [0.1, 0.15) is 56.6 Å². The van der Waals surface area contributed by atoms with E-state index in [1.54, 1.807) is 0 Å². The summed E-state index contributed by atoms with van der Waals surface area (Å²) in [6.45, 7) is 4.46. The van der Waals surface area contributed by atoms with Gasteiger partial charge in [0, 0.05) is 5.88 Å². The van der Waals surface area contributed by atoms with Gasteiger partial charge in [0.1, 0.15) is 0 Å². The Morgan fingerprint density at radius 1 is 1.06 bits per heavy atom. The molecule has 1 unspecified atom stereocenters. The summed E-state index contributed by atoms with van der Waals surface area (Å²) in [4.78, 5) is 0. The summed E-state index contributed by atoms with van der Waals surface area (Å²) < 4.78 is 0. The van der Waals surface area contributed by atoms with Gasteiger partial charge in [0.05, 0.1) is 0 Å². The Hall–Kier alpha value is -0.490. The van der Waals surface area contributed by atoms with Crippen LogP contribution in [-0.4, -0.2) is 5.88 Å². The van der Waals surface area contributed by atoms with Crippen LogP contribution in [0.2, 0.25) is 0 Å². The van der Waals surface area contributed by atoms with E-state index in [1.165, 1.54) is 49.7 Å². The molecule has 0 spiro atoms. The van der Waals surface area contributed by atoms with Gasteiger partial charge in [0.15, 0.2) is 0 Å². The first-order valence-corrected chi connectivity index (χ1v) is 7.91. The molecule has 0 aliphatic carbocycles. The van der Waals surface area contributed by atoms with Gasteiger partial charge >= 0.3 is 0 Å². The Bertz CT molecular complexity index is 319. The molecule has 0 N–H and O–H groups in total. The molecule has 1 atom stereocenters. The van der Waals surface area contributed by atoms with Crippen molar-refractivity contribution >= 4 is 11.6 Å². The minimum atomic E-state index is 0.648. The van der Waals surface area contributed by atoms with Crippen LogP contribution in [0.5, 0.6) is 0 Å². The summed E-state index contributed by atoms with van der Waals surface area (Å²) in [6, 6.07) is 8.68. The molecule has 0 aliphatic heterocycles. The highest BCUT2D eigenvalue weighted by Gasteiger charge is 2.09. The standard InChI is InChI=1S/C17H27Cl/c1-3-4-5-6-7-11-16(14-18)13-17-12-9-8-10-15(17)2/h8-10,12,16H,3-7,11,13-14H2,1-2H3. The molecule has 0 nitrogen and oxygen atoms in total. The van der Waals surface area contributed by atoms with Gasteiger partial charge in [-0.3, -0.25) is 0 Å². The molecule has 0 saturated carbocycles. The van der Waals surface area contributed by atoms with Crippen molar-refractivity contribution in [2.45, 2.75) is 58.8 Å². The molecule has 1 aromatic rings. The van der Waals surface area contributed by atoms with E-state index in [-0.39, 0.29) is 0 Å². The van der Waals surface area contributed by atoms with Crippen LogP contribution in [0.3, 0.4) is 0 Å². The number of unbranched alkanes of at least 4 members (excludes halogenated alkanes) is 4. The smallest absolute Gasteiger partial charge is 0.0254 e. The first kappa shape index (κ1) is 15.6. The van der Waals surface area contributed by atoms with Crippen LogP contribution in [0.4, 0.5) is 0 Å². The largest absolute Gasteiger partial charge is 0.126 e. The third-order valence-electron chi connectivity index (χ3n) is 3.70. The van der Waals surface area contributed by atoms with Crippen LogP contribution in [0.25, 0.3) is 0 Å². The molecule has 18 heavy (non-hydrogen) atoms. The lowest BCUT2D eigenvalue weighted by Gasteiger charge is -2.15. The zero-order chi connectivity index (χ0) is 13.2. The molecule has 0 bridgehead atoms. The molecule has 0 fully saturated rings. The first-order valence-electron chi connectivity index (χ1n) is 7.38. The predicted molar refractivity (Wildman–Crippen MR) is 82.5 cm³/mol. The van der Waals surface area contributed by atoms with E-state index in [2.05, 4.69) is 38.1 Å². The molecule has 1 aromatic carbocycles. The molecule has 1 rings (SSSR count). The van der Waals surface area contributed by atoms with Gasteiger partial charge in [-0.2, -0.15) is 0 Å². The maximum absolute atomic E-state index is 6.11. The van der Waals surface area contributed by atoms with E-state index in [0.717, 1.165) is 12.3 Å². The van der Waals surface area contributed by atoms with Gasteiger partial charge in [-0.05, 0) is 36.8 Å². The van der Waals surface area contributed by atoms with Crippen molar-refractivity contribution in [3.63, 3.8) is 0 Å². The molecule has 102 valence electrons. The summed E-state index contributed by atoms with van der Waals surface area (Å²) in [7, 11) is 0. The highest BCUT2D eigenvalue weighted by Crippen LogP contribution is 2.20. The fraction of sp³-hybridized carbons (Fsp3) is 0.647. The minimum absolute atomic E-state index is 0.648. The van der Waals surface area contributed by atoms with E-state index < -0.39 is 0 Å². The van der Waals surface area contributed by atoms with E-state index in [9.17, 15) is 0 Å². The summed E-state index contributed by atoms with van der Waals surface area (Å²) in [5.41, 5.74) is 2.87. The maximum atomic E-state index is 6.11. The Kier molecular flexibility index (Phi) is 8.17. The number of aryl methyl sites for hydroxylation is 1. The third-order valence-corrected chi connectivity index (χ3v) is 4.14. The number of rotatable bonds is 9. The Morgan fingerprint density at radius 2 is 1.78 bits per heavy atom. The zero-order valence-electron chi connectivity index (χ0n) is 11.9. The van der Waals surface area contributed by atoms with Gasteiger partial charge < -0.3 is 0 Å². The molecule has 1 heteroatoms. The third kappa shape index (κ3) is 5.91. The normalized spacial score (nSPS) is 12.6. The van der Waals surface area contributed by atoms with E-state index >= 15 is 0 Å². The van der Waals surface area contributed by atoms with Gasteiger partial charge in [-0.15, -0.1) is 11.6 Å². The molecule has 0 aromatic heterocycles. The molecule has 0 radical (unpaired) electrons. The fourth-order valence-corrected chi connectivity index (χ4v) is 2.68. The van der Waals surface area contributed by atoms with Crippen LogP contribution in [0, 0.1) is 12.8 Å².